The lowest BCUT2D eigenvalue weighted by Crippen LogP contribution is -2.38. The van der Waals surface area contributed by atoms with E-state index in [1.807, 2.05) is 27.7 Å². The molecule has 4 aliphatic rings. The minimum atomic E-state index is -4.09. The molecule has 4 heterocycles. The number of sulfonamides is 4. The largest absolute Gasteiger partial charge is 0.494 e. The summed E-state index contributed by atoms with van der Waals surface area (Å²) < 4.78 is 130. The number of hydrogen-bond donors (Lipinski definition) is 0. The molecule has 2 fully saturated rings. The van der Waals surface area contributed by atoms with Crippen molar-refractivity contribution in [2.45, 2.75) is 63.3 Å². The van der Waals surface area contributed by atoms with Crippen molar-refractivity contribution in [3.05, 3.63) is 35.4 Å². The first-order chi connectivity index (χ1) is 21.7. The zero-order valence-corrected chi connectivity index (χ0v) is 31.1. The molecule has 2 saturated heterocycles. The van der Waals surface area contributed by atoms with Crippen LogP contribution in [0.2, 0.25) is 0 Å². The normalized spacial score (nSPS) is 24.4. The molecule has 0 spiro atoms. The molecule has 2 unspecified atom stereocenters. The maximum Gasteiger partial charge on any atom is 0.245 e. The molecule has 48 heavy (non-hydrogen) atoms. The number of nitrogens with zero attached hydrogens (tertiary/aromatic N) is 2. The molecule has 20 heteroatoms. The van der Waals surface area contributed by atoms with Gasteiger partial charge in [-0.3, -0.25) is 0 Å². The molecule has 4 atom stereocenters. The van der Waals surface area contributed by atoms with Crippen molar-refractivity contribution in [3.8, 4) is 23.0 Å². The number of ether oxygens (including phenoxy) is 6. The summed E-state index contributed by atoms with van der Waals surface area (Å²) >= 11 is 0. The highest BCUT2D eigenvalue weighted by Gasteiger charge is 2.58. The van der Waals surface area contributed by atoms with E-state index in [1.165, 1.54) is 26.4 Å². The van der Waals surface area contributed by atoms with Gasteiger partial charge in [0.2, 0.25) is 40.1 Å². The van der Waals surface area contributed by atoms with E-state index in [1.54, 1.807) is 12.1 Å². The Hall–Kier alpha value is -3.04. The topological polar surface area (TPSA) is 205 Å². The summed E-state index contributed by atoms with van der Waals surface area (Å²) in [4.78, 5) is 0. The monoisotopic (exact) mass is 754 g/mol. The minimum Gasteiger partial charge on any atom is -0.494 e. The van der Waals surface area contributed by atoms with Crippen molar-refractivity contribution in [2.24, 2.45) is 0 Å². The highest BCUT2D eigenvalue weighted by Crippen LogP contribution is 2.57. The molecule has 16 nitrogen and oxygen atoms in total. The van der Waals surface area contributed by atoms with Gasteiger partial charge in [-0.15, -0.1) is 0 Å². The van der Waals surface area contributed by atoms with Crippen molar-refractivity contribution in [1.29, 1.82) is 0 Å². The molecule has 0 aliphatic carbocycles. The summed E-state index contributed by atoms with van der Waals surface area (Å²) in [5, 5.41) is 0. The highest BCUT2D eigenvalue weighted by molar-refractivity contribution is 8.10. The molecule has 0 radical (unpaired) electrons. The Kier molecular flexibility index (Phi) is 8.49. The van der Waals surface area contributed by atoms with Gasteiger partial charge in [-0.1, -0.05) is 0 Å². The molecule has 2 aromatic carbocycles. The Morgan fingerprint density at radius 3 is 1.10 bits per heavy atom. The summed E-state index contributed by atoms with van der Waals surface area (Å²) in [6.07, 6.45) is 2.74. The zero-order valence-electron chi connectivity index (χ0n) is 27.9. The van der Waals surface area contributed by atoms with E-state index in [9.17, 15) is 33.7 Å². The Bertz CT molecular complexity index is 1900. The molecular formula is C28H38N2O14S4. The van der Waals surface area contributed by atoms with Crippen LogP contribution < -0.4 is 26.4 Å². The van der Waals surface area contributed by atoms with Crippen LogP contribution in [0.5, 0.6) is 23.0 Å². The quantitative estimate of drug-likeness (QED) is 0.354. The van der Waals surface area contributed by atoms with E-state index >= 15 is 0 Å². The molecule has 6 rings (SSSR count). The second kappa shape index (κ2) is 11.2. The molecule has 0 N–H and O–H groups in total. The van der Waals surface area contributed by atoms with Crippen molar-refractivity contribution in [3.63, 3.8) is 0 Å². The van der Waals surface area contributed by atoms with Gasteiger partial charge >= 0.3 is 0 Å². The average molecular weight is 755 g/mol. The van der Waals surface area contributed by atoms with Gasteiger partial charge in [-0.2, -0.15) is 7.42 Å². The third kappa shape index (κ3) is 6.61. The standard InChI is InChI=1S/2C14H19NO7S2/c2*1-14(2)13-12(21-13)8-6-11(20-3)9(7-10(8)22-14)15(23(4,16)17)24(5,18)19/h2*6-7,12-13H,1-5H3/t12-,13-;/m1./s1. The lowest BCUT2D eigenvalue weighted by molar-refractivity contribution is 0.0723. The van der Waals surface area contributed by atoms with E-state index in [4.69, 9.17) is 28.4 Å². The first-order valence-electron chi connectivity index (χ1n) is 14.3. The zero-order chi connectivity index (χ0) is 36.2. The molecule has 0 saturated carbocycles. The number of hydrogen-bond acceptors (Lipinski definition) is 14. The number of methoxy groups -OCH3 is 2. The Morgan fingerprint density at radius 2 is 0.854 bits per heavy atom. The molecule has 2 aromatic rings. The average Bonchev–Trinajstić information content (AvgIpc) is 3.78. The van der Waals surface area contributed by atoms with Gasteiger partial charge in [0.05, 0.1) is 39.2 Å². The van der Waals surface area contributed by atoms with Crippen molar-refractivity contribution in [2.75, 3.05) is 46.7 Å². The predicted molar refractivity (Wildman–Crippen MR) is 175 cm³/mol. The van der Waals surface area contributed by atoms with Gasteiger partial charge in [0.1, 0.15) is 70.0 Å². The molecule has 4 aliphatic heterocycles. The number of benzene rings is 2. The fraction of sp³-hybridized carbons (Fsp3) is 0.571. The van der Waals surface area contributed by atoms with E-state index in [-0.39, 0.29) is 47.3 Å². The number of rotatable bonds is 8. The molecular weight excluding hydrogens is 717 g/mol. The van der Waals surface area contributed by atoms with Crippen molar-refractivity contribution >= 4 is 51.5 Å². The first kappa shape index (κ1) is 36.2. The molecule has 0 aromatic heterocycles. The van der Waals surface area contributed by atoms with E-state index in [0.29, 0.717) is 30.0 Å². The van der Waals surface area contributed by atoms with E-state index in [0.717, 1.165) is 25.0 Å². The molecule has 0 bridgehead atoms. The fourth-order valence-electron chi connectivity index (χ4n) is 6.01. The molecule has 268 valence electrons. The summed E-state index contributed by atoms with van der Waals surface area (Å²) in [6.45, 7) is 7.43. The van der Waals surface area contributed by atoms with Crippen LogP contribution in [0.1, 0.15) is 51.0 Å². The Morgan fingerprint density at radius 1 is 0.562 bits per heavy atom. The van der Waals surface area contributed by atoms with Crippen molar-refractivity contribution < 1.29 is 62.1 Å². The minimum absolute atomic E-state index is 0.0959. The van der Waals surface area contributed by atoms with Gasteiger partial charge in [0.25, 0.3) is 0 Å². The summed E-state index contributed by atoms with van der Waals surface area (Å²) in [5.74, 6) is 0.989. The smallest absolute Gasteiger partial charge is 0.245 e. The summed E-state index contributed by atoms with van der Waals surface area (Å²) in [6, 6.07) is 5.87. The van der Waals surface area contributed by atoms with Gasteiger partial charge in [-0.05, 0) is 39.8 Å². The van der Waals surface area contributed by atoms with Gasteiger partial charge in [-0.25, -0.2) is 33.7 Å². The first-order valence-corrected chi connectivity index (χ1v) is 21.7. The third-order valence-electron chi connectivity index (χ3n) is 7.93. The van der Waals surface area contributed by atoms with Crippen LogP contribution in [0.4, 0.5) is 11.4 Å². The maximum absolute atomic E-state index is 12.0. The van der Waals surface area contributed by atoms with Gasteiger partial charge in [0, 0.05) is 23.3 Å². The lowest BCUT2D eigenvalue weighted by Gasteiger charge is -2.31. The number of anilines is 2. The lowest BCUT2D eigenvalue weighted by atomic mass is 9.94. The van der Waals surface area contributed by atoms with Gasteiger partial charge < -0.3 is 28.4 Å². The summed E-state index contributed by atoms with van der Waals surface area (Å²) in [5.41, 5.74) is 0.00534. The number of epoxide rings is 2. The second-order valence-electron chi connectivity index (χ2n) is 12.9. The number of fused-ring (bicyclic) bond motifs is 6. The maximum atomic E-state index is 12.0. The SMILES string of the molecule is COc1cc2c(cc1N(S(C)(=O)=O)S(C)(=O)=O)OC(C)(C)C1OC21.COc1cc2c(cc1N(S(C)(=O)=O)S(C)(=O)=O)OC(C)(C)[C@@H]1O[C@H]21. The van der Waals surface area contributed by atoms with Crippen LogP contribution in [0.3, 0.4) is 0 Å². The van der Waals surface area contributed by atoms with E-state index in [2.05, 4.69) is 0 Å². The Balaban J connectivity index is 0.000000188. The second-order valence-corrected chi connectivity index (χ2v) is 20.7. The highest BCUT2D eigenvalue weighted by atomic mass is 32.3. The summed E-state index contributed by atoms with van der Waals surface area (Å²) in [7, 11) is -13.7. The van der Waals surface area contributed by atoms with Crippen molar-refractivity contribution in [1.82, 2.24) is 0 Å². The van der Waals surface area contributed by atoms with Crippen LogP contribution in [0.25, 0.3) is 0 Å². The van der Waals surface area contributed by atoms with Crippen LogP contribution in [-0.4, -0.2) is 96.3 Å². The van der Waals surface area contributed by atoms with Crippen LogP contribution >= 0.6 is 0 Å². The predicted octanol–water partition coefficient (Wildman–Crippen LogP) is 2.06. The van der Waals surface area contributed by atoms with Crippen LogP contribution in [0.15, 0.2) is 24.3 Å². The van der Waals surface area contributed by atoms with Gasteiger partial charge in [0.15, 0.2) is 0 Å². The third-order valence-corrected chi connectivity index (χ3v) is 14.4. The molecule has 0 amide bonds. The Labute approximate surface area is 281 Å². The van der Waals surface area contributed by atoms with E-state index < -0.39 is 51.3 Å². The van der Waals surface area contributed by atoms with Crippen LogP contribution in [-0.2, 0) is 49.6 Å². The fourth-order valence-corrected chi connectivity index (χ4v) is 11.9. The van der Waals surface area contributed by atoms with Crippen LogP contribution in [0, 0.1) is 0 Å².